The second kappa shape index (κ2) is 12.4. The van der Waals surface area contributed by atoms with Gasteiger partial charge in [0.2, 0.25) is 0 Å². The zero-order chi connectivity index (χ0) is 22.9. The SMILES string of the molecule is CC(C)(CO)CCCC1CCCC(C=CC2CCCC(CCCC(C)(C)C(=O)O)O2)O1. The molecule has 31 heavy (non-hydrogen) atoms. The summed E-state index contributed by atoms with van der Waals surface area (Å²) in [5, 5.41) is 18.7. The molecule has 5 heteroatoms. The number of hydrogen-bond acceptors (Lipinski definition) is 4. The van der Waals surface area contributed by atoms with E-state index in [-0.39, 0.29) is 30.3 Å². The van der Waals surface area contributed by atoms with Crippen LogP contribution >= 0.6 is 0 Å². The van der Waals surface area contributed by atoms with E-state index in [9.17, 15) is 15.0 Å². The van der Waals surface area contributed by atoms with Crippen LogP contribution in [0.25, 0.3) is 0 Å². The summed E-state index contributed by atoms with van der Waals surface area (Å²) < 4.78 is 12.6. The highest BCUT2D eigenvalue weighted by Crippen LogP contribution is 2.30. The highest BCUT2D eigenvalue weighted by Gasteiger charge is 2.28. The highest BCUT2D eigenvalue weighted by atomic mass is 16.5. The normalized spacial score (nSPS) is 28.2. The van der Waals surface area contributed by atoms with Gasteiger partial charge in [-0.15, -0.1) is 0 Å². The topological polar surface area (TPSA) is 76.0 Å². The molecule has 0 aromatic rings. The van der Waals surface area contributed by atoms with Gasteiger partial charge in [-0.2, -0.15) is 0 Å². The molecule has 2 N–H and O–H groups in total. The lowest BCUT2D eigenvalue weighted by Crippen LogP contribution is -2.29. The molecule has 0 saturated carbocycles. The van der Waals surface area contributed by atoms with Crippen molar-refractivity contribution in [2.45, 2.75) is 129 Å². The number of hydrogen-bond donors (Lipinski definition) is 2. The third kappa shape index (κ3) is 9.63. The zero-order valence-corrected chi connectivity index (χ0v) is 20.3. The number of rotatable bonds is 12. The maximum absolute atomic E-state index is 11.3. The Balaban J connectivity index is 1.71. The van der Waals surface area contributed by atoms with Gasteiger partial charge in [0.05, 0.1) is 29.8 Å². The molecule has 0 bridgehead atoms. The van der Waals surface area contributed by atoms with Gasteiger partial charge < -0.3 is 19.7 Å². The van der Waals surface area contributed by atoms with Crippen molar-refractivity contribution < 1.29 is 24.5 Å². The Bertz CT molecular complexity index is 568. The smallest absolute Gasteiger partial charge is 0.309 e. The fourth-order valence-corrected chi connectivity index (χ4v) is 4.58. The van der Waals surface area contributed by atoms with E-state index in [0.717, 1.165) is 64.2 Å². The van der Waals surface area contributed by atoms with E-state index in [1.807, 2.05) is 0 Å². The van der Waals surface area contributed by atoms with Crippen LogP contribution < -0.4 is 0 Å². The average molecular weight is 439 g/mol. The van der Waals surface area contributed by atoms with Gasteiger partial charge in [0, 0.05) is 6.61 Å². The Morgan fingerprint density at radius 2 is 1.35 bits per heavy atom. The van der Waals surface area contributed by atoms with E-state index in [2.05, 4.69) is 26.0 Å². The maximum Gasteiger partial charge on any atom is 0.309 e. The monoisotopic (exact) mass is 438 g/mol. The van der Waals surface area contributed by atoms with Crippen molar-refractivity contribution >= 4 is 5.97 Å². The molecule has 180 valence electrons. The zero-order valence-electron chi connectivity index (χ0n) is 20.3. The second-order valence-electron chi connectivity index (χ2n) is 11.1. The largest absolute Gasteiger partial charge is 0.481 e. The Morgan fingerprint density at radius 1 is 0.871 bits per heavy atom. The molecule has 0 aromatic carbocycles. The third-order valence-electron chi connectivity index (χ3n) is 7.02. The number of carboxylic acids is 1. The van der Waals surface area contributed by atoms with Gasteiger partial charge >= 0.3 is 5.97 Å². The average Bonchev–Trinajstić information content (AvgIpc) is 2.72. The number of ether oxygens (including phenoxy) is 2. The molecule has 2 rings (SSSR count). The van der Waals surface area contributed by atoms with Crippen LogP contribution in [0.3, 0.4) is 0 Å². The van der Waals surface area contributed by atoms with Crippen LogP contribution in [0.4, 0.5) is 0 Å². The summed E-state index contributed by atoms with van der Waals surface area (Å²) in [4.78, 5) is 11.3. The lowest BCUT2D eigenvalue weighted by Gasteiger charge is -2.31. The predicted molar refractivity (Wildman–Crippen MR) is 124 cm³/mol. The van der Waals surface area contributed by atoms with Gasteiger partial charge in [-0.25, -0.2) is 0 Å². The molecule has 0 spiro atoms. The number of aliphatic carboxylic acids is 1. The quantitative estimate of drug-likeness (QED) is 0.372. The minimum atomic E-state index is -0.722. The van der Waals surface area contributed by atoms with E-state index in [1.54, 1.807) is 13.8 Å². The third-order valence-corrected chi connectivity index (χ3v) is 7.02. The number of carbonyl (C=O) groups is 1. The van der Waals surface area contributed by atoms with Crippen LogP contribution in [0.1, 0.15) is 105 Å². The molecule has 2 aliphatic rings. The summed E-state index contributed by atoms with van der Waals surface area (Å²) in [7, 11) is 0. The first kappa shape index (κ1) is 26.3. The van der Waals surface area contributed by atoms with Crippen LogP contribution in [0.2, 0.25) is 0 Å². The summed E-state index contributed by atoms with van der Waals surface area (Å²) in [6.45, 7) is 8.07. The summed E-state index contributed by atoms with van der Waals surface area (Å²) >= 11 is 0. The van der Waals surface area contributed by atoms with Crippen molar-refractivity contribution in [1.29, 1.82) is 0 Å². The summed E-state index contributed by atoms with van der Waals surface area (Å²) in [5.41, 5.74) is -0.650. The predicted octanol–water partition coefficient (Wildman–Crippen LogP) is 5.89. The van der Waals surface area contributed by atoms with Gasteiger partial charge in [-0.05, 0) is 89.9 Å². The second-order valence-corrected chi connectivity index (χ2v) is 11.1. The minimum absolute atomic E-state index is 0.00616. The van der Waals surface area contributed by atoms with Crippen LogP contribution in [-0.4, -0.2) is 47.2 Å². The van der Waals surface area contributed by atoms with E-state index in [0.29, 0.717) is 12.5 Å². The number of aliphatic hydroxyl groups excluding tert-OH is 1. The molecule has 2 saturated heterocycles. The standard InChI is InChI=1S/C26H46O5/c1-25(2,19-27)17-7-13-20-9-5-11-22(30-20)15-16-23-12-6-10-21(31-23)14-8-18-26(3,4)24(28)29/h15-16,20-23,27H,5-14,17-19H2,1-4H3,(H,28,29). The molecule has 0 amide bonds. The summed E-state index contributed by atoms with van der Waals surface area (Å²) in [6.07, 6.45) is 17.8. The molecular formula is C26H46O5. The fraction of sp³-hybridized carbons (Fsp3) is 0.885. The van der Waals surface area contributed by atoms with Gasteiger partial charge in [0.25, 0.3) is 0 Å². The Kier molecular flexibility index (Phi) is 10.5. The van der Waals surface area contributed by atoms with Crippen molar-refractivity contribution in [3.8, 4) is 0 Å². The minimum Gasteiger partial charge on any atom is -0.481 e. The van der Waals surface area contributed by atoms with Gasteiger partial charge in [0.1, 0.15) is 0 Å². The van der Waals surface area contributed by atoms with Crippen LogP contribution in [0.15, 0.2) is 12.2 Å². The fourth-order valence-electron chi connectivity index (χ4n) is 4.58. The first-order chi connectivity index (χ1) is 14.6. The molecule has 4 unspecified atom stereocenters. The molecule has 5 nitrogen and oxygen atoms in total. The van der Waals surface area contributed by atoms with Crippen LogP contribution in [0.5, 0.6) is 0 Å². The highest BCUT2D eigenvalue weighted by molar-refractivity contribution is 5.73. The number of aliphatic hydroxyl groups is 1. The molecule has 2 fully saturated rings. The van der Waals surface area contributed by atoms with Crippen LogP contribution in [-0.2, 0) is 14.3 Å². The Hall–Kier alpha value is -0.910. The summed E-state index contributed by atoms with van der Waals surface area (Å²) in [5.74, 6) is -0.722. The van der Waals surface area contributed by atoms with Crippen molar-refractivity contribution in [2.24, 2.45) is 10.8 Å². The van der Waals surface area contributed by atoms with Crippen molar-refractivity contribution in [3.05, 3.63) is 12.2 Å². The first-order valence-electron chi connectivity index (χ1n) is 12.4. The molecule has 4 atom stereocenters. The van der Waals surface area contributed by atoms with Crippen molar-refractivity contribution in [2.75, 3.05) is 6.61 Å². The molecular weight excluding hydrogens is 392 g/mol. The maximum atomic E-state index is 11.3. The molecule has 0 aromatic heterocycles. The van der Waals surface area contributed by atoms with Crippen LogP contribution in [0, 0.1) is 10.8 Å². The van der Waals surface area contributed by atoms with Gasteiger partial charge in [0.15, 0.2) is 0 Å². The molecule has 0 aliphatic carbocycles. The summed E-state index contributed by atoms with van der Waals surface area (Å²) in [6, 6.07) is 0. The van der Waals surface area contributed by atoms with Gasteiger partial charge in [-0.1, -0.05) is 32.4 Å². The lowest BCUT2D eigenvalue weighted by molar-refractivity contribution is -0.147. The Labute approximate surface area is 189 Å². The van der Waals surface area contributed by atoms with Crippen molar-refractivity contribution in [3.63, 3.8) is 0 Å². The number of carboxylic acid groups (broad SMARTS) is 1. The van der Waals surface area contributed by atoms with E-state index in [4.69, 9.17) is 9.47 Å². The van der Waals surface area contributed by atoms with E-state index in [1.165, 1.54) is 6.42 Å². The molecule has 2 aliphatic heterocycles. The molecule has 2 heterocycles. The van der Waals surface area contributed by atoms with Crippen molar-refractivity contribution in [1.82, 2.24) is 0 Å². The molecule has 0 radical (unpaired) electrons. The first-order valence-corrected chi connectivity index (χ1v) is 12.4. The van der Waals surface area contributed by atoms with E-state index < -0.39 is 11.4 Å². The lowest BCUT2D eigenvalue weighted by atomic mass is 9.86. The van der Waals surface area contributed by atoms with E-state index >= 15 is 0 Å². The Morgan fingerprint density at radius 3 is 1.81 bits per heavy atom. The van der Waals surface area contributed by atoms with Gasteiger partial charge in [-0.3, -0.25) is 4.79 Å².